The van der Waals surface area contributed by atoms with Crippen LogP contribution in [0.4, 0.5) is 0 Å². The van der Waals surface area contributed by atoms with Gasteiger partial charge in [-0.2, -0.15) is 0 Å². The maximum Gasteiger partial charge on any atom is 0.350 e. The lowest BCUT2D eigenvalue weighted by Crippen LogP contribution is -2.53. The van der Waals surface area contributed by atoms with Crippen LogP contribution in [0.3, 0.4) is 0 Å². The molecular weight excluding hydrogens is 747 g/mol. The van der Waals surface area contributed by atoms with Crippen LogP contribution in [0.1, 0.15) is 98.9 Å². The van der Waals surface area contributed by atoms with Gasteiger partial charge in [-0.15, -0.1) is 0 Å². The summed E-state index contributed by atoms with van der Waals surface area (Å²) in [7, 11) is 3.49. The molecule has 59 heavy (non-hydrogen) atoms. The number of nitrogens with two attached hydrogens (primary N) is 1. The van der Waals surface area contributed by atoms with Crippen LogP contribution < -0.4 is 32.3 Å². The van der Waals surface area contributed by atoms with E-state index in [9.17, 15) is 9.90 Å². The minimum atomic E-state index is -2.14. The first kappa shape index (κ1) is 44.0. The quantitative estimate of drug-likeness (QED) is 0.0202. The largest absolute Gasteiger partial charge is 0.459 e. The normalized spacial score (nSPS) is 27.3. The van der Waals surface area contributed by atoms with Crippen molar-refractivity contribution >= 4 is 23.5 Å². The van der Waals surface area contributed by atoms with Crippen molar-refractivity contribution in [3.05, 3.63) is 93.9 Å². The van der Waals surface area contributed by atoms with E-state index in [1.807, 2.05) is 32.2 Å². The number of hydrogen-bond acceptors (Lipinski definition) is 11. The number of epoxide rings is 1. The molecule has 0 bridgehead atoms. The Balaban J connectivity index is 1.35. The highest BCUT2D eigenvalue weighted by Crippen LogP contribution is 2.59. The molecule has 0 saturated carbocycles. The Morgan fingerprint density at radius 1 is 1.24 bits per heavy atom. The van der Waals surface area contributed by atoms with E-state index in [1.165, 1.54) is 5.57 Å². The van der Waals surface area contributed by atoms with Crippen molar-refractivity contribution in [3.63, 3.8) is 0 Å². The Morgan fingerprint density at radius 3 is 2.78 bits per heavy atom. The molecule has 8 N–H and O–H groups in total. The summed E-state index contributed by atoms with van der Waals surface area (Å²) >= 11 is 0. The summed E-state index contributed by atoms with van der Waals surface area (Å²) in [6, 6.07) is 5.00. The zero-order valence-electron chi connectivity index (χ0n) is 35.7. The smallest absolute Gasteiger partial charge is 0.350 e. The highest BCUT2D eigenvalue weighted by atomic mass is 16.7. The lowest BCUT2D eigenvalue weighted by Gasteiger charge is -2.40. The van der Waals surface area contributed by atoms with E-state index in [1.54, 1.807) is 19.2 Å². The number of likely N-dealkylation sites (N-methyl/N-ethyl adjacent to an activating group) is 1. The molecule has 2 aliphatic heterocycles. The summed E-state index contributed by atoms with van der Waals surface area (Å²) in [4.78, 5) is 49.1. The Labute approximate surface area is 349 Å². The summed E-state index contributed by atoms with van der Waals surface area (Å²) in [5.41, 5.74) is 6.71. The van der Waals surface area contributed by atoms with Crippen LogP contribution in [0.5, 0.6) is 0 Å². The molecule has 0 amide bonds. The summed E-state index contributed by atoms with van der Waals surface area (Å²) in [5, 5.41) is 26.6. The third-order valence-electron chi connectivity index (χ3n) is 12.4. The number of fused-ring (bicyclic) bond motifs is 3. The molecule has 0 aromatic heterocycles. The number of benzene rings is 1. The third-order valence-corrected chi connectivity index (χ3v) is 12.4. The van der Waals surface area contributed by atoms with Crippen molar-refractivity contribution in [2.75, 3.05) is 40.5 Å². The predicted molar refractivity (Wildman–Crippen MR) is 231 cm³/mol. The van der Waals surface area contributed by atoms with Crippen LogP contribution in [-0.4, -0.2) is 98.5 Å². The van der Waals surface area contributed by atoms with Gasteiger partial charge in [-0.25, -0.2) is 4.79 Å². The van der Waals surface area contributed by atoms with E-state index < -0.39 is 34.8 Å². The van der Waals surface area contributed by atoms with Gasteiger partial charge in [0.1, 0.15) is 11.9 Å². The van der Waals surface area contributed by atoms with Crippen LogP contribution in [0.25, 0.3) is 0 Å². The maximum absolute atomic E-state index is 15.1. The Hall–Kier alpha value is -4.56. The molecule has 6 rings (SSSR count). The lowest BCUT2D eigenvalue weighted by molar-refractivity contribution is -0.158. The van der Waals surface area contributed by atoms with Gasteiger partial charge >= 0.3 is 5.97 Å². The number of nitrogens with zero attached hydrogens (tertiary/aromatic N) is 1. The van der Waals surface area contributed by atoms with Gasteiger partial charge in [0.05, 0.1) is 12.7 Å². The number of esters is 1. The van der Waals surface area contributed by atoms with E-state index in [4.69, 9.17) is 15.2 Å². The molecule has 0 spiro atoms. The Kier molecular flexibility index (Phi) is 14.3. The number of aliphatic hydroxyl groups is 1. The molecule has 2 heterocycles. The molecule has 320 valence electrons. The van der Waals surface area contributed by atoms with Crippen LogP contribution in [-0.2, 0) is 20.7 Å². The molecule has 13 heteroatoms. The van der Waals surface area contributed by atoms with Gasteiger partial charge in [0, 0.05) is 49.7 Å². The standard InChI is InChI=1S/C46H65N7O6/c1-7-50-37-25-31-13-9-8-12-30(31)24-35(37)38(16-11-21-54)58-43(57)46-42(56)40-33(22-28(2)3)14-10-15-34(40)41(55)45(46,59-46)19-17-29(4)23-36(53-44(47)49-6)32-18-20-51-39(26-32)52-27-48-5/h9-10,13-15,17-18,25-26,28,30,35-38,48,50-52,54H,7-8,11-12,16,19-24,27H2,1-6H3,(H3,47,49,53)/b29-17+/t30-,35+,36+,37-,38-,45-,46-/m0/s1. The molecule has 1 aromatic rings. The topological polar surface area (TPSA) is 192 Å². The number of ether oxygens (including phenoxy) is 2. The minimum Gasteiger partial charge on any atom is -0.459 e. The second-order valence-electron chi connectivity index (χ2n) is 17.0. The average molecular weight is 812 g/mol. The molecule has 1 aromatic carbocycles. The first-order valence-electron chi connectivity index (χ1n) is 21.5. The summed E-state index contributed by atoms with van der Waals surface area (Å²) < 4.78 is 13.0. The fraction of sp³-hybridized carbons (Fsp3) is 0.565. The SMILES string of the molecule is CCN[C@H]1C=C2C=CCC[C@H]2C[C@H]1[C@H](CCCO)OC(=O)[C@]12O[C@@]1(C/C=C(\C)C[C@@H](NC(N)=NC)C1=CCNC(NCNC)=C1)C(=O)c1cccc(CC(C)C)c1C2=O. The van der Waals surface area contributed by atoms with Gasteiger partial charge in [-0.3, -0.25) is 14.6 Å². The van der Waals surface area contributed by atoms with Crippen molar-refractivity contribution in [2.24, 2.45) is 28.5 Å². The van der Waals surface area contributed by atoms with E-state index in [2.05, 4.69) is 76.7 Å². The van der Waals surface area contributed by atoms with Crippen molar-refractivity contribution in [1.29, 1.82) is 0 Å². The number of guanidine groups is 1. The number of carbonyl (C=O) groups excluding carboxylic acids is 3. The zero-order valence-corrected chi connectivity index (χ0v) is 35.7. The van der Waals surface area contributed by atoms with Gasteiger partial charge < -0.3 is 46.9 Å². The van der Waals surface area contributed by atoms with Crippen LogP contribution >= 0.6 is 0 Å². The lowest BCUT2D eigenvalue weighted by atomic mass is 9.70. The average Bonchev–Trinajstić information content (AvgIpc) is 3.94. The van der Waals surface area contributed by atoms with Crippen LogP contribution in [0.2, 0.25) is 0 Å². The highest BCUT2D eigenvalue weighted by molar-refractivity contribution is 6.33. The van der Waals surface area contributed by atoms with Gasteiger partial charge in [-0.1, -0.05) is 74.9 Å². The number of rotatable bonds is 19. The minimum absolute atomic E-state index is 0.00685. The Bertz CT molecular complexity index is 1930. The van der Waals surface area contributed by atoms with Crippen molar-refractivity contribution in [3.8, 4) is 0 Å². The molecule has 3 aliphatic carbocycles. The number of hydrogen-bond donors (Lipinski definition) is 7. The van der Waals surface area contributed by atoms with E-state index in [0.29, 0.717) is 50.4 Å². The molecular formula is C46H65N7O6. The Morgan fingerprint density at radius 2 is 2.05 bits per heavy atom. The fourth-order valence-corrected chi connectivity index (χ4v) is 9.40. The molecule has 5 aliphatic rings. The molecule has 1 fully saturated rings. The first-order chi connectivity index (χ1) is 28.4. The van der Waals surface area contributed by atoms with Gasteiger partial charge in [0.2, 0.25) is 5.78 Å². The number of carbonyl (C=O) groups is 3. The number of allylic oxidation sites excluding steroid dienone is 3. The predicted octanol–water partition coefficient (Wildman–Crippen LogP) is 4.11. The first-order valence-corrected chi connectivity index (χ1v) is 21.5. The molecule has 0 unspecified atom stereocenters. The van der Waals surface area contributed by atoms with Crippen molar-refractivity contribution in [1.82, 2.24) is 26.6 Å². The van der Waals surface area contributed by atoms with E-state index in [-0.39, 0.29) is 54.0 Å². The summed E-state index contributed by atoms with van der Waals surface area (Å²) in [5.74, 6) is -0.185. The molecule has 0 radical (unpaired) electrons. The number of aliphatic imine (C=N–C) groups is 1. The number of nitrogens with one attached hydrogen (secondary N) is 5. The van der Waals surface area contributed by atoms with Gasteiger partial charge in [-0.05, 0) is 100 Å². The second-order valence-corrected chi connectivity index (χ2v) is 17.0. The number of aliphatic hydroxyl groups excluding tert-OH is 1. The second kappa shape index (κ2) is 19.2. The third kappa shape index (κ3) is 9.13. The van der Waals surface area contributed by atoms with Crippen LogP contribution in [0, 0.1) is 17.8 Å². The molecule has 1 saturated heterocycles. The van der Waals surface area contributed by atoms with E-state index >= 15 is 9.59 Å². The molecule has 7 atom stereocenters. The highest BCUT2D eigenvalue weighted by Gasteiger charge is 2.85. The number of dihydropyridines is 1. The van der Waals surface area contributed by atoms with Crippen LogP contribution in [0.15, 0.2) is 82.2 Å². The van der Waals surface area contributed by atoms with E-state index in [0.717, 1.165) is 42.8 Å². The van der Waals surface area contributed by atoms with Crippen molar-refractivity contribution < 1.29 is 29.0 Å². The van der Waals surface area contributed by atoms with Gasteiger partial charge in [0.25, 0.3) is 5.60 Å². The number of Topliss-reactive ketones (excluding diaryl/α,β-unsaturated/α-hetero) is 2. The zero-order chi connectivity index (χ0) is 42.3. The van der Waals surface area contributed by atoms with Crippen molar-refractivity contribution in [2.45, 2.75) is 108 Å². The van der Waals surface area contributed by atoms with Gasteiger partial charge in [0.15, 0.2) is 17.3 Å². The fourth-order valence-electron chi connectivity index (χ4n) is 9.40. The number of ketones is 2. The maximum atomic E-state index is 15.1. The monoisotopic (exact) mass is 811 g/mol. The molecule has 13 nitrogen and oxygen atoms in total. The summed E-state index contributed by atoms with van der Waals surface area (Å²) in [6.07, 6.45) is 16.7. The summed E-state index contributed by atoms with van der Waals surface area (Å²) in [6.45, 7) is 9.97.